The summed E-state index contributed by atoms with van der Waals surface area (Å²) in [7, 11) is 0. The van der Waals surface area contributed by atoms with Gasteiger partial charge in [-0.2, -0.15) is 5.10 Å². The van der Waals surface area contributed by atoms with Gasteiger partial charge in [-0.25, -0.2) is 9.50 Å². The van der Waals surface area contributed by atoms with Crippen LogP contribution in [0.2, 0.25) is 10.0 Å². The number of amides is 2. The Morgan fingerprint density at radius 1 is 1.03 bits per heavy atom. The van der Waals surface area contributed by atoms with E-state index in [1.807, 2.05) is 36.4 Å². The first-order valence-corrected chi connectivity index (χ1v) is 11.6. The second-order valence-corrected chi connectivity index (χ2v) is 9.07. The van der Waals surface area contributed by atoms with Gasteiger partial charge in [0.2, 0.25) is 5.91 Å². The number of nitrogens with zero attached hydrogens (tertiary/aromatic N) is 4. The van der Waals surface area contributed by atoms with Gasteiger partial charge in [0, 0.05) is 59.0 Å². The zero-order valence-electron chi connectivity index (χ0n) is 18.3. The van der Waals surface area contributed by atoms with Gasteiger partial charge in [0.05, 0.1) is 11.9 Å². The number of hydrogen-bond donors (Lipinski definition) is 1. The molecule has 2 amide bonds. The summed E-state index contributed by atoms with van der Waals surface area (Å²) in [4.78, 5) is 31.0. The predicted octanol–water partition coefficient (Wildman–Crippen LogP) is 4.72. The predicted molar refractivity (Wildman–Crippen MR) is 132 cm³/mol. The van der Waals surface area contributed by atoms with Crippen molar-refractivity contribution >= 4 is 40.7 Å². The number of nitrogens with one attached hydrogen (secondary N) is 1. The summed E-state index contributed by atoms with van der Waals surface area (Å²) in [5.41, 5.74) is 3.98. The van der Waals surface area contributed by atoms with Crippen LogP contribution in [0.5, 0.6) is 0 Å². The third-order valence-corrected chi connectivity index (χ3v) is 6.60. The van der Waals surface area contributed by atoms with Crippen LogP contribution in [0.15, 0.2) is 60.9 Å². The second-order valence-electron chi connectivity index (χ2n) is 8.22. The fourth-order valence-electron chi connectivity index (χ4n) is 4.28. The Labute approximate surface area is 206 Å². The molecule has 1 aliphatic heterocycles. The van der Waals surface area contributed by atoms with E-state index in [2.05, 4.69) is 15.4 Å². The molecule has 0 spiro atoms. The van der Waals surface area contributed by atoms with Crippen molar-refractivity contribution in [3.8, 4) is 22.4 Å². The fraction of sp³-hybridized carbons (Fsp3) is 0.200. The number of fused-ring (bicyclic) bond motifs is 1. The number of rotatable bonds is 4. The average Bonchev–Trinajstić information content (AvgIpc) is 3.47. The van der Waals surface area contributed by atoms with Crippen molar-refractivity contribution in [3.05, 3.63) is 76.5 Å². The summed E-state index contributed by atoms with van der Waals surface area (Å²) in [6.45, 7) is 2.67. The van der Waals surface area contributed by atoms with E-state index in [0.29, 0.717) is 40.8 Å². The largest absolute Gasteiger partial charge is 0.347 e. The number of carbonyl (C=O) groups excluding carboxylic acids is 2. The van der Waals surface area contributed by atoms with Crippen molar-refractivity contribution < 1.29 is 9.59 Å². The minimum absolute atomic E-state index is 0.00843. The molecule has 9 heteroatoms. The van der Waals surface area contributed by atoms with E-state index in [1.165, 1.54) is 13.1 Å². The Balaban J connectivity index is 1.58. The SMILES string of the molecule is CC(=O)N1CCC(NC(=O)c2cnn3c(-c4ccc(Cl)cc4)c(-c4ccccc4Cl)cnc23)C1. The van der Waals surface area contributed by atoms with E-state index >= 15 is 0 Å². The van der Waals surface area contributed by atoms with Crippen LogP contribution < -0.4 is 5.32 Å². The van der Waals surface area contributed by atoms with Gasteiger partial charge in [0.1, 0.15) is 5.56 Å². The molecule has 1 unspecified atom stereocenters. The molecule has 1 fully saturated rings. The highest BCUT2D eigenvalue weighted by Crippen LogP contribution is 2.36. The maximum Gasteiger partial charge on any atom is 0.257 e. The van der Waals surface area contributed by atoms with Crippen molar-refractivity contribution in [2.75, 3.05) is 13.1 Å². The minimum atomic E-state index is -0.273. The Morgan fingerprint density at radius 2 is 1.79 bits per heavy atom. The van der Waals surface area contributed by atoms with Crippen LogP contribution in [-0.4, -0.2) is 50.4 Å². The van der Waals surface area contributed by atoms with Crippen LogP contribution in [-0.2, 0) is 4.79 Å². The zero-order valence-corrected chi connectivity index (χ0v) is 19.8. The molecule has 3 heterocycles. The quantitative estimate of drug-likeness (QED) is 0.445. The molecule has 172 valence electrons. The molecular weight excluding hydrogens is 473 g/mol. The maximum absolute atomic E-state index is 13.1. The summed E-state index contributed by atoms with van der Waals surface area (Å²) in [6.07, 6.45) is 3.95. The summed E-state index contributed by atoms with van der Waals surface area (Å²) in [5.74, 6) is -0.264. The first-order valence-electron chi connectivity index (χ1n) is 10.9. The lowest BCUT2D eigenvalue weighted by Crippen LogP contribution is -2.38. The van der Waals surface area contributed by atoms with Crippen LogP contribution in [0, 0.1) is 0 Å². The number of likely N-dealkylation sites (tertiary alicyclic amines) is 1. The normalized spacial score (nSPS) is 15.6. The smallest absolute Gasteiger partial charge is 0.257 e. The van der Waals surface area contributed by atoms with E-state index in [9.17, 15) is 9.59 Å². The standard InChI is InChI=1S/C25H21Cl2N5O2/c1-15(33)31-11-10-18(14-31)30-25(34)21-13-29-32-23(16-6-8-17(26)9-7-16)20(12-28-24(21)32)19-4-2-3-5-22(19)27/h2-9,12-13,18H,10-11,14H2,1H3,(H,30,34). The number of aromatic nitrogens is 3. The Hall–Kier alpha value is -3.42. The lowest BCUT2D eigenvalue weighted by molar-refractivity contribution is -0.127. The van der Waals surface area contributed by atoms with E-state index in [0.717, 1.165) is 22.4 Å². The highest BCUT2D eigenvalue weighted by molar-refractivity contribution is 6.33. The highest BCUT2D eigenvalue weighted by Gasteiger charge is 2.27. The summed E-state index contributed by atoms with van der Waals surface area (Å²) in [6, 6.07) is 14.8. The number of carbonyl (C=O) groups is 2. The summed E-state index contributed by atoms with van der Waals surface area (Å²) < 4.78 is 1.66. The molecule has 1 atom stereocenters. The topological polar surface area (TPSA) is 79.6 Å². The molecule has 1 N–H and O–H groups in total. The summed E-state index contributed by atoms with van der Waals surface area (Å²) in [5, 5.41) is 8.74. The molecule has 4 aromatic rings. The molecular formula is C25H21Cl2N5O2. The van der Waals surface area contributed by atoms with Gasteiger partial charge in [-0.15, -0.1) is 0 Å². The number of hydrogen-bond acceptors (Lipinski definition) is 4. The molecule has 0 saturated carbocycles. The number of benzene rings is 2. The van der Waals surface area contributed by atoms with Crippen LogP contribution in [0.25, 0.3) is 28.0 Å². The van der Waals surface area contributed by atoms with Crippen molar-refractivity contribution in [1.29, 1.82) is 0 Å². The Morgan fingerprint density at radius 3 is 2.50 bits per heavy atom. The van der Waals surface area contributed by atoms with E-state index in [4.69, 9.17) is 23.2 Å². The number of halogens is 2. The molecule has 34 heavy (non-hydrogen) atoms. The minimum Gasteiger partial charge on any atom is -0.347 e. The van der Waals surface area contributed by atoms with Crippen LogP contribution in [0.4, 0.5) is 0 Å². The lowest BCUT2D eigenvalue weighted by Gasteiger charge is -2.15. The van der Waals surface area contributed by atoms with Crippen molar-refractivity contribution in [2.45, 2.75) is 19.4 Å². The van der Waals surface area contributed by atoms with Gasteiger partial charge >= 0.3 is 0 Å². The van der Waals surface area contributed by atoms with Gasteiger partial charge in [0.25, 0.3) is 5.91 Å². The molecule has 0 radical (unpaired) electrons. The molecule has 0 aliphatic carbocycles. The van der Waals surface area contributed by atoms with Gasteiger partial charge in [-0.3, -0.25) is 9.59 Å². The Bertz CT molecular complexity index is 1400. The Kier molecular flexibility index (Phi) is 5.98. The maximum atomic E-state index is 13.1. The molecule has 0 bridgehead atoms. The molecule has 1 aliphatic rings. The first kappa shape index (κ1) is 22.4. The molecule has 7 nitrogen and oxygen atoms in total. The van der Waals surface area contributed by atoms with Crippen LogP contribution in [0.1, 0.15) is 23.7 Å². The third kappa shape index (κ3) is 4.13. The molecule has 5 rings (SSSR count). The lowest BCUT2D eigenvalue weighted by atomic mass is 10.0. The van der Waals surface area contributed by atoms with Crippen molar-refractivity contribution in [2.24, 2.45) is 0 Å². The van der Waals surface area contributed by atoms with E-state index in [-0.39, 0.29) is 17.9 Å². The van der Waals surface area contributed by atoms with Crippen molar-refractivity contribution in [1.82, 2.24) is 24.8 Å². The fourth-order valence-corrected chi connectivity index (χ4v) is 4.64. The van der Waals surface area contributed by atoms with E-state index < -0.39 is 0 Å². The summed E-state index contributed by atoms with van der Waals surface area (Å²) >= 11 is 12.6. The van der Waals surface area contributed by atoms with Gasteiger partial charge in [-0.05, 0) is 24.6 Å². The van der Waals surface area contributed by atoms with E-state index in [1.54, 1.807) is 27.7 Å². The zero-order chi connectivity index (χ0) is 23.8. The van der Waals surface area contributed by atoms with Gasteiger partial charge in [0.15, 0.2) is 5.65 Å². The monoisotopic (exact) mass is 493 g/mol. The first-order chi connectivity index (χ1) is 16.4. The average molecular weight is 494 g/mol. The third-order valence-electron chi connectivity index (χ3n) is 6.02. The van der Waals surface area contributed by atoms with Crippen molar-refractivity contribution in [3.63, 3.8) is 0 Å². The molecule has 2 aromatic carbocycles. The van der Waals surface area contributed by atoms with Gasteiger partial charge in [-0.1, -0.05) is 53.5 Å². The van der Waals surface area contributed by atoms with Crippen LogP contribution >= 0.6 is 23.2 Å². The van der Waals surface area contributed by atoms with Gasteiger partial charge < -0.3 is 10.2 Å². The molecule has 1 saturated heterocycles. The second kappa shape index (κ2) is 9.08. The molecule has 2 aromatic heterocycles. The van der Waals surface area contributed by atoms with Crippen LogP contribution in [0.3, 0.4) is 0 Å². The highest BCUT2D eigenvalue weighted by atomic mass is 35.5.